The molecule has 140 valence electrons. The Balaban J connectivity index is 1.51. The van der Waals surface area contributed by atoms with Crippen LogP contribution in [0.25, 0.3) is 0 Å². The number of benzene rings is 1. The highest BCUT2D eigenvalue weighted by molar-refractivity contribution is 5.29. The zero-order valence-corrected chi connectivity index (χ0v) is 14.2. The zero-order chi connectivity index (χ0) is 18.4. The van der Waals surface area contributed by atoms with Crippen LogP contribution in [-0.4, -0.2) is 47.7 Å². The molecule has 2 aromatic rings. The van der Waals surface area contributed by atoms with Crippen molar-refractivity contribution in [2.24, 2.45) is 0 Å². The molecule has 1 aliphatic heterocycles. The van der Waals surface area contributed by atoms with E-state index in [9.17, 15) is 13.2 Å². The van der Waals surface area contributed by atoms with Crippen molar-refractivity contribution in [2.75, 3.05) is 32.8 Å². The molecule has 0 atom stereocenters. The van der Waals surface area contributed by atoms with E-state index in [4.69, 9.17) is 9.47 Å². The predicted octanol–water partition coefficient (Wildman–Crippen LogP) is 3.55. The second kappa shape index (κ2) is 8.46. The Bertz CT molecular complexity index is 702. The molecule has 5 nitrogen and oxygen atoms in total. The van der Waals surface area contributed by atoms with Gasteiger partial charge in [-0.1, -0.05) is 12.1 Å². The van der Waals surface area contributed by atoms with Gasteiger partial charge in [-0.2, -0.15) is 18.2 Å². The third kappa shape index (κ3) is 5.40. The first-order valence-electron chi connectivity index (χ1n) is 8.48. The Kier molecular flexibility index (Phi) is 6.05. The smallest absolute Gasteiger partial charge is 0.424 e. The van der Waals surface area contributed by atoms with Gasteiger partial charge in [-0.05, 0) is 43.1 Å². The summed E-state index contributed by atoms with van der Waals surface area (Å²) in [5.41, 5.74) is 0.123. The summed E-state index contributed by atoms with van der Waals surface area (Å²) in [5, 5.41) is 0. The standard InChI is InChI=1S/C18H20F3N3O2/c19-18(20,21)16-7-8-22-17(23-16)26-15-5-3-14(4-6-15)2-1-9-24-10-12-25-13-11-24/h3-8H,1-2,9-13H2. The highest BCUT2D eigenvalue weighted by Crippen LogP contribution is 2.28. The van der Waals surface area contributed by atoms with Gasteiger partial charge in [0.25, 0.3) is 0 Å². The maximum atomic E-state index is 12.7. The molecular weight excluding hydrogens is 347 g/mol. The lowest BCUT2D eigenvalue weighted by Crippen LogP contribution is -2.36. The lowest BCUT2D eigenvalue weighted by molar-refractivity contribution is -0.141. The Morgan fingerprint density at radius 2 is 1.81 bits per heavy atom. The largest absolute Gasteiger partial charge is 0.433 e. The van der Waals surface area contributed by atoms with Crippen LogP contribution in [0.3, 0.4) is 0 Å². The van der Waals surface area contributed by atoms with Crippen molar-refractivity contribution in [1.29, 1.82) is 0 Å². The van der Waals surface area contributed by atoms with E-state index >= 15 is 0 Å². The molecule has 0 radical (unpaired) electrons. The molecule has 0 saturated carbocycles. The highest BCUT2D eigenvalue weighted by atomic mass is 19.4. The number of aryl methyl sites for hydroxylation is 1. The molecule has 1 saturated heterocycles. The Labute approximate surface area is 149 Å². The first kappa shape index (κ1) is 18.6. The molecule has 1 aliphatic rings. The van der Waals surface area contributed by atoms with E-state index in [1.807, 2.05) is 12.1 Å². The predicted molar refractivity (Wildman–Crippen MR) is 89.1 cm³/mol. The first-order chi connectivity index (χ1) is 12.5. The summed E-state index contributed by atoms with van der Waals surface area (Å²) < 4.78 is 48.6. The number of rotatable bonds is 6. The Hall–Kier alpha value is -2.19. The summed E-state index contributed by atoms with van der Waals surface area (Å²) >= 11 is 0. The topological polar surface area (TPSA) is 47.5 Å². The van der Waals surface area contributed by atoms with E-state index in [0.29, 0.717) is 5.75 Å². The number of aromatic nitrogens is 2. The quantitative estimate of drug-likeness (QED) is 0.781. The Morgan fingerprint density at radius 1 is 1.08 bits per heavy atom. The summed E-state index contributed by atoms with van der Waals surface area (Å²) in [4.78, 5) is 9.49. The van der Waals surface area contributed by atoms with Crippen molar-refractivity contribution >= 4 is 0 Å². The molecule has 8 heteroatoms. The minimum absolute atomic E-state index is 0.320. The van der Waals surface area contributed by atoms with Gasteiger partial charge in [-0.25, -0.2) is 4.98 Å². The van der Waals surface area contributed by atoms with E-state index in [-0.39, 0.29) is 6.01 Å². The number of hydrogen-bond donors (Lipinski definition) is 0. The van der Waals surface area contributed by atoms with Gasteiger partial charge < -0.3 is 9.47 Å². The second-order valence-corrected chi connectivity index (χ2v) is 6.03. The maximum absolute atomic E-state index is 12.7. The minimum atomic E-state index is -4.52. The van der Waals surface area contributed by atoms with E-state index in [2.05, 4.69) is 14.9 Å². The fourth-order valence-electron chi connectivity index (χ4n) is 2.71. The van der Waals surface area contributed by atoms with Crippen molar-refractivity contribution in [1.82, 2.24) is 14.9 Å². The van der Waals surface area contributed by atoms with Crippen LogP contribution in [0.15, 0.2) is 36.5 Å². The monoisotopic (exact) mass is 367 g/mol. The molecule has 0 N–H and O–H groups in total. The molecule has 1 fully saturated rings. The fourth-order valence-corrected chi connectivity index (χ4v) is 2.71. The van der Waals surface area contributed by atoms with Crippen LogP contribution in [0.5, 0.6) is 11.8 Å². The SMILES string of the molecule is FC(F)(F)c1ccnc(Oc2ccc(CCCN3CCOCC3)cc2)n1. The van der Waals surface area contributed by atoms with Crippen molar-refractivity contribution in [3.05, 3.63) is 47.8 Å². The van der Waals surface area contributed by atoms with Crippen LogP contribution in [0.2, 0.25) is 0 Å². The Morgan fingerprint density at radius 3 is 2.50 bits per heavy atom. The van der Waals surface area contributed by atoms with Gasteiger partial charge in [0.15, 0.2) is 5.69 Å². The summed E-state index contributed by atoms with van der Waals surface area (Å²) in [6, 6.07) is 7.73. The average molecular weight is 367 g/mol. The molecule has 2 heterocycles. The molecule has 26 heavy (non-hydrogen) atoms. The lowest BCUT2D eigenvalue weighted by Gasteiger charge is -2.26. The number of halogens is 3. The van der Waals surface area contributed by atoms with Crippen molar-refractivity contribution in [2.45, 2.75) is 19.0 Å². The third-order valence-electron chi connectivity index (χ3n) is 4.10. The van der Waals surface area contributed by atoms with Gasteiger partial charge in [-0.3, -0.25) is 4.90 Å². The number of hydrogen-bond acceptors (Lipinski definition) is 5. The number of ether oxygens (including phenoxy) is 2. The van der Waals surface area contributed by atoms with E-state index in [1.165, 1.54) is 0 Å². The van der Waals surface area contributed by atoms with E-state index < -0.39 is 11.9 Å². The summed E-state index contributed by atoms with van der Waals surface area (Å²) in [7, 11) is 0. The average Bonchev–Trinajstić information content (AvgIpc) is 2.64. The molecule has 0 unspecified atom stereocenters. The van der Waals surface area contributed by atoms with Crippen LogP contribution in [0, 0.1) is 0 Å². The summed E-state index contributed by atoms with van der Waals surface area (Å²) in [6.45, 7) is 4.57. The van der Waals surface area contributed by atoms with Crippen molar-refractivity contribution < 1.29 is 22.6 Å². The third-order valence-corrected chi connectivity index (χ3v) is 4.10. The molecule has 0 spiro atoms. The van der Waals surface area contributed by atoms with Gasteiger partial charge >= 0.3 is 12.2 Å². The lowest BCUT2D eigenvalue weighted by atomic mass is 10.1. The van der Waals surface area contributed by atoms with Crippen LogP contribution in [0.1, 0.15) is 17.7 Å². The zero-order valence-electron chi connectivity index (χ0n) is 14.2. The number of morpholine rings is 1. The minimum Gasteiger partial charge on any atom is -0.424 e. The van der Waals surface area contributed by atoms with Gasteiger partial charge in [0.2, 0.25) is 0 Å². The molecule has 3 rings (SSSR count). The van der Waals surface area contributed by atoms with Crippen molar-refractivity contribution in [3.63, 3.8) is 0 Å². The number of nitrogens with zero attached hydrogens (tertiary/aromatic N) is 3. The molecule has 0 bridgehead atoms. The molecular formula is C18H20F3N3O2. The van der Waals surface area contributed by atoms with Gasteiger partial charge in [0, 0.05) is 19.3 Å². The van der Waals surface area contributed by atoms with E-state index in [1.54, 1.807) is 12.1 Å². The van der Waals surface area contributed by atoms with Gasteiger partial charge in [0.1, 0.15) is 5.75 Å². The molecule has 1 aromatic carbocycles. The molecule has 0 aliphatic carbocycles. The van der Waals surface area contributed by atoms with Crippen LogP contribution in [-0.2, 0) is 17.3 Å². The second-order valence-electron chi connectivity index (χ2n) is 6.03. The highest BCUT2D eigenvalue weighted by Gasteiger charge is 2.33. The van der Waals surface area contributed by atoms with Crippen LogP contribution in [0.4, 0.5) is 13.2 Å². The molecule has 1 aromatic heterocycles. The van der Waals surface area contributed by atoms with Gasteiger partial charge in [-0.15, -0.1) is 0 Å². The fraction of sp³-hybridized carbons (Fsp3) is 0.444. The first-order valence-corrected chi connectivity index (χ1v) is 8.48. The van der Waals surface area contributed by atoms with Gasteiger partial charge in [0.05, 0.1) is 13.2 Å². The summed E-state index contributed by atoms with van der Waals surface area (Å²) in [6.07, 6.45) is -1.52. The summed E-state index contributed by atoms with van der Waals surface area (Å²) in [5.74, 6) is 0.404. The van der Waals surface area contributed by atoms with Crippen LogP contribution >= 0.6 is 0 Å². The van der Waals surface area contributed by atoms with E-state index in [0.717, 1.165) is 63.5 Å². The van der Waals surface area contributed by atoms with Crippen molar-refractivity contribution in [3.8, 4) is 11.8 Å². The normalized spacial score (nSPS) is 15.8. The van der Waals surface area contributed by atoms with Crippen LogP contribution < -0.4 is 4.74 Å². The maximum Gasteiger partial charge on any atom is 0.433 e. The number of alkyl halides is 3. The molecule has 0 amide bonds.